The zero-order valence-electron chi connectivity index (χ0n) is 17.4. The molecule has 0 amide bonds. The maximum atomic E-state index is 12.9. The molecule has 2 N–H and O–H groups in total. The summed E-state index contributed by atoms with van der Waals surface area (Å²) in [5, 5.41) is 19.9. The van der Waals surface area contributed by atoms with Crippen LogP contribution in [0.25, 0.3) is 0 Å². The number of phenols is 1. The van der Waals surface area contributed by atoms with Crippen molar-refractivity contribution in [2.24, 2.45) is 0 Å². The van der Waals surface area contributed by atoms with Crippen molar-refractivity contribution < 1.29 is 19.8 Å². The van der Waals surface area contributed by atoms with Crippen molar-refractivity contribution in [1.82, 2.24) is 0 Å². The largest absolute Gasteiger partial charge is 0.507 e. The number of carbonyl (C=O) groups is 2. The van der Waals surface area contributed by atoms with Gasteiger partial charge in [0, 0.05) is 30.4 Å². The number of carbonyl (C=O) groups excluding carboxylic acids is 1. The minimum Gasteiger partial charge on any atom is -0.507 e. The maximum Gasteiger partial charge on any atom is 0.336 e. The predicted octanol–water partition coefficient (Wildman–Crippen LogP) is 5.51. The van der Waals surface area contributed by atoms with E-state index in [9.17, 15) is 19.8 Å². The van der Waals surface area contributed by atoms with Crippen LogP contribution in [-0.2, 0) is 0 Å². The number of nitrogens with zero attached hydrogens (tertiary/aromatic N) is 1. The summed E-state index contributed by atoms with van der Waals surface area (Å²) in [5.74, 6) is -1.78. The molecule has 29 heavy (non-hydrogen) atoms. The van der Waals surface area contributed by atoms with Crippen molar-refractivity contribution in [2.75, 3.05) is 18.0 Å². The molecule has 0 bridgehead atoms. The number of rotatable bonds is 12. The van der Waals surface area contributed by atoms with Crippen LogP contribution in [0.5, 0.6) is 5.75 Å². The number of carboxylic acids is 1. The topological polar surface area (TPSA) is 77.8 Å². The van der Waals surface area contributed by atoms with Gasteiger partial charge < -0.3 is 15.1 Å². The molecule has 2 aromatic carbocycles. The second kappa shape index (κ2) is 11.2. The van der Waals surface area contributed by atoms with E-state index in [-0.39, 0.29) is 22.4 Å². The Balaban J connectivity index is 2.27. The predicted molar refractivity (Wildman–Crippen MR) is 116 cm³/mol. The summed E-state index contributed by atoms with van der Waals surface area (Å²) < 4.78 is 0. The zero-order valence-corrected chi connectivity index (χ0v) is 17.4. The van der Waals surface area contributed by atoms with Gasteiger partial charge in [-0.25, -0.2) is 4.79 Å². The first-order valence-electron chi connectivity index (χ1n) is 10.4. The lowest BCUT2D eigenvalue weighted by Crippen LogP contribution is -2.25. The van der Waals surface area contributed by atoms with E-state index in [2.05, 4.69) is 18.7 Å². The first-order valence-corrected chi connectivity index (χ1v) is 10.4. The molecule has 5 heteroatoms. The summed E-state index contributed by atoms with van der Waals surface area (Å²) in [6.45, 7) is 6.16. The number of benzene rings is 2. The van der Waals surface area contributed by atoms with Crippen molar-refractivity contribution >= 4 is 17.4 Å². The first kappa shape index (κ1) is 22.5. The Morgan fingerprint density at radius 3 is 1.93 bits per heavy atom. The van der Waals surface area contributed by atoms with Crippen LogP contribution in [0.2, 0.25) is 0 Å². The third-order valence-corrected chi connectivity index (χ3v) is 5.06. The Labute approximate surface area is 173 Å². The molecule has 0 heterocycles. The number of aromatic carboxylic acids is 1. The molecule has 0 aliphatic heterocycles. The van der Waals surface area contributed by atoms with Crippen LogP contribution >= 0.6 is 0 Å². The fourth-order valence-electron chi connectivity index (χ4n) is 3.40. The van der Waals surface area contributed by atoms with Gasteiger partial charge in [-0.05, 0) is 31.0 Å². The highest BCUT2D eigenvalue weighted by molar-refractivity contribution is 6.15. The Bertz CT molecular complexity index is 821. The smallest absolute Gasteiger partial charge is 0.336 e. The van der Waals surface area contributed by atoms with Crippen molar-refractivity contribution in [3.05, 3.63) is 59.2 Å². The quantitative estimate of drug-likeness (QED) is 0.365. The van der Waals surface area contributed by atoms with E-state index in [4.69, 9.17) is 0 Å². The van der Waals surface area contributed by atoms with Gasteiger partial charge in [0.25, 0.3) is 0 Å². The van der Waals surface area contributed by atoms with Crippen molar-refractivity contribution in [3.63, 3.8) is 0 Å². The number of unbranched alkanes of at least 4 members (excludes halogenated alkanes) is 4. The fourth-order valence-corrected chi connectivity index (χ4v) is 3.40. The SMILES string of the molecule is CCCCCN(CCCCC)c1ccc(C(=O)c2ccccc2C(=O)O)c(O)c1. The summed E-state index contributed by atoms with van der Waals surface area (Å²) in [4.78, 5) is 26.5. The van der Waals surface area contributed by atoms with Crippen LogP contribution in [0.15, 0.2) is 42.5 Å². The number of aromatic hydroxyl groups is 1. The monoisotopic (exact) mass is 397 g/mol. The molecule has 2 aromatic rings. The number of ketones is 1. The molecular formula is C24H31NO4. The molecule has 0 saturated heterocycles. The van der Waals surface area contributed by atoms with Gasteiger partial charge in [-0.3, -0.25) is 4.79 Å². The third kappa shape index (κ3) is 6.08. The highest BCUT2D eigenvalue weighted by atomic mass is 16.4. The number of carboxylic acid groups (broad SMARTS) is 1. The van der Waals surface area contributed by atoms with Crippen LogP contribution in [0, 0.1) is 0 Å². The van der Waals surface area contributed by atoms with Crippen molar-refractivity contribution in [2.45, 2.75) is 52.4 Å². The lowest BCUT2D eigenvalue weighted by atomic mass is 9.97. The van der Waals surface area contributed by atoms with Crippen LogP contribution in [-0.4, -0.2) is 35.1 Å². The number of anilines is 1. The third-order valence-electron chi connectivity index (χ3n) is 5.06. The highest BCUT2D eigenvalue weighted by Crippen LogP contribution is 2.28. The number of hydrogen-bond donors (Lipinski definition) is 2. The lowest BCUT2D eigenvalue weighted by Gasteiger charge is -2.25. The summed E-state index contributed by atoms with van der Waals surface area (Å²) in [6, 6.07) is 11.1. The highest BCUT2D eigenvalue weighted by Gasteiger charge is 2.20. The molecular weight excluding hydrogens is 366 g/mol. The van der Waals surface area contributed by atoms with Crippen LogP contribution < -0.4 is 4.90 Å². The van der Waals surface area contributed by atoms with E-state index in [0.717, 1.165) is 57.3 Å². The molecule has 0 spiro atoms. The van der Waals surface area contributed by atoms with Crippen molar-refractivity contribution in [1.29, 1.82) is 0 Å². The molecule has 2 rings (SSSR count). The van der Waals surface area contributed by atoms with E-state index in [0.29, 0.717) is 0 Å². The molecule has 0 aliphatic rings. The van der Waals surface area contributed by atoms with Gasteiger partial charge in [-0.2, -0.15) is 0 Å². The summed E-state index contributed by atoms with van der Waals surface area (Å²) in [6.07, 6.45) is 6.75. The van der Waals surface area contributed by atoms with Crippen LogP contribution in [0.4, 0.5) is 5.69 Å². The zero-order chi connectivity index (χ0) is 21.2. The Morgan fingerprint density at radius 2 is 1.41 bits per heavy atom. The molecule has 0 aliphatic carbocycles. The van der Waals surface area contributed by atoms with Gasteiger partial charge >= 0.3 is 5.97 Å². The maximum absolute atomic E-state index is 12.9. The normalized spacial score (nSPS) is 10.7. The molecule has 156 valence electrons. The second-order valence-corrected chi connectivity index (χ2v) is 7.28. The first-order chi connectivity index (χ1) is 14.0. The number of hydrogen-bond acceptors (Lipinski definition) is 4. The minimum absolute atomic E-state index is 0.0678. The van der Waals surface area contributed by atoms with Gasteiger partial charge in [0.05, 0.1) is 11.1 Å². The number of phenolic OH excluding ortho intramolecular Hbond substituents is 1. The van der Waals surface area contributed by atoms with Crippen LogP contribution in [0.3, 0.4) is 0 Å². The standard InChI is InChI=1S/C24H31NO4/c1-3-5-9-15-25(16-10-6-4-2)18-13-14-21(22(26)17-18)23(27)19-11-7-8-12-20(19)24(28)29/h7-8,11-14,17,26H,3-6,9-10,15-16H2,1-2H3,(H,28,29). The van der Waals surface area contributed by atoms with Gasteiger partial charge in [0.1, 0.15) is 5.75 Å². The van der Waals surface area contributed by atoms with Crippen LogP contribution in [0.1, 0.15) is 78.7 Å². The van der Waals surface area contributed by atoms with E-state index < -0.39 is 11.8 Å². The Morgan fingerprint density at radius 1 is 0.828 bits per heavy atom. The summed E-state index contributed by atoms with van der Waals surface area (Å²) >= 11 is 0. The molecule has 0 aromatic heterocycles. The van der Waals surface area contributed by atoms with Gasteiger partial charge in [-0.15, -0.1) is 0 Å². The van der Waals surface area contributed by atoms with Gasteiger partial charge in [0.15, 0.2) is 5.78 Å². The molecule has 0 unspecified atom stereocenters. The summed E-state index contributed by atoms with van der Waals surface area (Å²) in [7, 11) is 0. The van der Waals surface area contributed by atoms with E-state index >= 15 is 0 Å². The fraction of sp³-hybridized carbons (Fsp3) is 0.417. The van der Waals surface area contributed by atoms with E-state index in [1.54, 1.807) is 24.3 Å². The molecule has 0 atom stereocenters. The average molecular weight is 398 g/mol. The molecule has 5 nitrogen and oxygen atoms in total. The molecule has 0 radical (unpaired) electrons. The second-order valence-electron chi connectivity index (χ2n) is 7.28. The molecule has 0 saturated carbocycles. The lowest BCUT2D eigenvalue weighted by molar-refractivity contribution is 0.0692. The van der Waals surface area contributed by atoms with Crippen molar-refractivity contribution in [3.8, 4) is 5.75 Å². The van der Waals surface area contributed by atoms with Gasteiger partial charge in [-0.1, -0.05) is 57.7 Å². The Hall–Kier alpha value is -2.82. The minimum atomic E-state index is -1.16. The molecule has 0 fully saturated rings. The van der Waals surface area contributed by atoms with Gasteiger partial charge in [0.2, 0.25) is 0 Å². The van der Waals surface area contributed by atoms with E-state index in [1.165, 1.54) is 12.1 Å². The average Bonchev–Trinajstić information content (AvgIpc) is 2.72. The van der Waals surface area contributed by atoms with E-state index in [1.807, 2.05) is 6.07 Å². The Kier molecular flexibility index (Phi) is 8.71. The summed E-state index contributed by atoms with van der Waals surface area (Å²) in [5.41, 5.74) is 1.01.